The Hall–Kier alpha value is -2.37. The van der Waals surface area contributed by atoms with Crippen molar-refractivity contribution in [3.8, 4) is 5.75 Å². The van der Waals surface area contributed by atoms with Gasteiger partial charge in [0.05, 0.1) is 18.2 Å². The molecule has 1 N–H and O–H groups in total. The van der Waals surface area contributed by atoms with E-state index in [1.807, 2.05) is 12.1 Å². The number of aliphatic hydroxyl groups excluding tert-OH is 1. The average molecular weight is 433 g/mol. The molecule has 0 amide bonds. The zero-order valence-corrected chi connectivity index (χ0v) is 18.4. The molecule has 0 bridgehead atoms. The molecule has 30 heavy (non-hydrogen) atoms. The monoisotopic (exact) mass is 432 g/mol. The molecular weight excluding hydrogens is 404 g/mol. The molecule has 1 aromatic carbocycles. The predicted molar refractivity (Wildman–Crippen MR) is 118 cm³/mol. The molecule has 1 aliphatic rings. The van der Waals surface area contributed by atoms with E-state index in [1.165, 1.54) is 7.11 Å². The number of ether oxygens (including phenoxy) is 2. The van der Waals surface area contributed by atoms with Crippen LogP contribution in [-0.2, 0) is 14.3 Å². The molecule has 2 rings (SSSR count). The highest BCUT2D eigenvalue weighted by Crippen LogP contribution is 2.32. The van der Waals surface area contributed by atoms with Crippen molar-refractivity contribution in [3.05, 3.63) is 58.7 Å². The molecule has 0 saturated carbocycles. The number of carbonyl (C=O) groups excluding carboxylic acids is 2. The minimum atomic E-state index is -0.744. The number of allylic oxidation sites excluding steroid dienone is 4. The van der Waals surface area contributed by atoms with Gasteiger partial charge in [0, 0.05) is 11.5 Å². The molecule has 1 aliphatic carbocycles. The first-order valence-electron chi connectivity index (χ1n) is 10.2. The van der Waals surface area contributed by atoms with Gasteiger partial charge in [-0.3, -0.25) is 4.79 Å². The molecule has 162 valence electrons. The number of rotatable bonds is 10. The van der Waals surface area contributed by atoms with Gasteiger partial charge in [0.2, 0.25) is 5.78 Å². The highest BCUT2D eigenvalue weighted by molar-refractivity contribution is 6.46. The Bertz CT molecular complexity index is 840. The molecule has 0 radical (unpaired) electrons. The lowest BCUT2D eigenvalue weighted by Gasteiger charge is -2.13. The van der Waals surface area contributed by atoms with Gasteiger partial charge < -0.3 is 14.6 Å². The largest absolute Gasteiger partial charge is 0.479 e. The number of benzene rings is 1. The lowest BCUT2D eigenvalue weighted by Crippen LogP contribution is -2.24. The number of carbonyl (C=O) groups is 2. The van der Waals surface area contributed by atoms with Gasteiger partial charge in [0.1, 0.15) is 5.75 Å². The number of hydrogen-bond donors (Lipinski definition) is 1. The molecule has 0 aliphatic heterocycles. The Morgan fingerprint density at radius 3 is 2.80 bits per heavy atom. The summed E-state index contributed by atoms with van der Waals surface area (Å²) in [6, 6.07) is 7.09. The van der Waals surface area contributed by atoms with E-state index in [0.29, 0.717) is 17.7 Å². The normalized spacial score (nSPS) is 19.8. The van der Waals surface area contributed by atoms with Crippen molar-refractivity contribution in [3.63, 3.8) is 0 Å². The first-order valence-corrected chi connectivity index (χ1v) is 10.6. The highest BCUT2D eigenvalue weighted by atomic mass is 35.5. The fourth-order valence-electron chi connectivity index (χ4n) is 3.16. The minimum Gasteiger partial charge on any atom is -0.479 e. The van der Waals surface area contributed by atoms with Gasteiger partial charge >= 0.3 is 5.97 Å². The molecule has 0 heterocycles. The summed E-state index contributed by atoms with van der Waals surface area (Å²) in [5.74, 6) is -0.515. The summed E-state index contributed by atoms with van der Waals surface area (Å²) in [5.41, 5.74) is 1.27. The Morgan fingerprint density at radius 1 is 1.33 bits per heavy atom. The van der Waals surface area contributed by atoms with E-state index in [-0.39, 0.29) is 16.7 Å². The molecule has 0 saturated heterocycles. The van der Waals surface area contributed by atoms with Gasteiger partial charge in [-0.1, -0.05) is 68.1 Å². The fraction of sp³-hybridized carbons (Fsp3) is 0.417. The fourth-order valence-corrected chi connectivity index (χ4v) is 3.40. The molecule has 0 aromatic heterocycles. The quantitative estimate of drug-likeness (QED) is 0.248. The lowest BCUT2D eigenvalue weighted by atomic mass is 9.97. The topological polar surface area (TPSA) is 72.8 Å². The smallest absolute Gasteiger partial charge is 0.346 e. The van der Waals surface area contributed by atoms with Crippen LogP contribution in [0.25, 0.3) is 6.08 Å². The van der Waals surface area contributed by atoms with Crippen molar-refractivity contribution in [1.29, 1.82) is 0 Å². The van der Waals surface area contributed by atoms with E-state index < -0.39 is 18.2 Å². The lowest BCUT2D eigenvalue weighted by molar-refractivity contribution is -0.147. The predicted octanol–water partition coefficient (Wildman–Crippen LogP) is 4.83. The number of aliphatic hydroxyl groups is 1. The summed E-state index contributed by atoms with van der Waals surface area (Å²) in [7, 11) is 1.31. The zero-order chi connectivity index (χ0) is 22.1. The molecule has 3 atom stereocenters. The number of methoxy groups -OCH3 is 1. The summed E-state index contributed by atoms with van der Waals surface area (Å²) < 4.78 is 10.3. The van der Waals surface area contributed by atoms with Crippen LogP contribution >= 0.6 is 11.6 Å². The molecule has 3 unspecified atom stereocenters. The Morgan fingerprint density at radius 2 is 2.10 bits per heavy atom. The van der Waals surface area contributed by atoms with Gasteiger partial charge in [-0.05, 0) is 37.1 Å². The number of halogens is 1. The van der Waals surface area contributed by atoms with Crippen LogP contribution in [-0.4, -0.2) is 36.2 Å². The number of ketones is 1. The van der Waals surface area contributed by atoms with E-state index in [2.05, 4.69) is 11.7 Å². The summed E-state index contributed by atoms with van der Waals surface area (Å²) in [4.78, 5) is 24.1. The van der Waals surface area contributed by atoms with Crippen LogP contribution in [0.2, 0.25) is 0 Å². The third-order valence-electron chi connectivity index (χ3n) is 4.83. The zero-order valence-electron chi connectivity index (χ0n) is 17.6. The van der Waals surface area contributed by atoms with E-state index in [9.17, 15) is 14.7 Å². The molecule has 1 aromatic rings. The van der Waals surface area contributed by atoms with Crippen LogP contribution in [0, 0.1) is 5.92 Å². The maximum atomic E-state index is 12.5. The van der Waals surface area contributed by atoms with Crippen LogP contribution in [0.1, 0.15) is 45.1 Å². The summed E-state index contributed by atoms with van der Waals surface area (Å²) in [6.45, 7) is 3.72. The molecule has 6 heteroatoms. The second kappa shape index (κ2) is 11.7. The second-order valence-electron chi connectivity index (χ2n) is 7.27. The minimum absolute atomic E-state index is 0.170. The van der Waals surface area contributed by atoms with E-state index in [0.717, 1.165) is 24.8 Å². The number of Topliss-reactive ketones (excluding diaryl/α,β-unsaturated/α-hetero) is 1. The Kier molecular flexibility index (Phi) is 9.34. The van der Waals surface area contributed by atoms with E-state index in [1.54, 1.807) is 43.4 Å². The van der Waals surface area contributed by atoms with Crippen LogP contribution < -0.4 is 4.74 Å². The van der Waals surface area contributed by atoms with E-state index in [4.69, 9.17) is 16.3 Å². The second-order valence-corrected chi connectivity index (χ2v) is 7.68. The summed E-state index contributed by atoms with van der Waals surface area (Å²) >= 11 is 6.09. The number of esters is 1. The molecule has 0 spiro atoms. The van der Waals surface area contributed by atoms with Gasteiger partial charge in [0.15, 0.2) is 6.10 Å². The maximum Gasteiger partial charge on any atom is 0.346 e. The van der Waals surface area contributed by atoms with Crippen molar-refractivity contribution in [2.45, 2.75) is 51.7 Å². The van der Waals surface area contributed by atoms with E-state index >= 15 is 0 Å². The highest BCUT2D eigenvalue weighted by Gasteiger charge is 2.27. The number of unbranched alkanes of at least 4 members (excludes halogenated alkanes) is 2. The third-order valence-corrected chi connectivity index (χ3v) is 5.13. The third kappa shape index (κ3) is 6.85. The summed E-state index contributed by atoms with van der Waals surface area (Å²) in [6.07, 6.45) is 9.52. The number of hydrogen-bond acceptors (Lipinski definition) is 5. The Balaban J connectivity index is 2.16. The molecular formula is C24H29ClO5. The van der Waals surface area contributed by atoms with Gasteiger partial charge in [-0.15, -0.1) is 0 Å². The van der Waals surface area contributed by atoms with Crippen molar-refractivity contribution in [1.82, 2.24) is 0 Å². The first-order chi connectivity index (χ1) is 14.3. The van der Waals surface area contributed by atoms with Crippen LogP contribution in [0.15, 0.2) is 53.1 Å². The maximum absolute atomic E-state index is 12.5. The van der Waals surface area contributed by atoms with Crippen molar-refractivity contribution in [2.75, 3.05) is 7.11 Å². The van der Waals surface area contributed by atoms with Crippen LogP contribution in [0.3, 0.4) is 0 Å². The van der Waals surface area contributed by atoms with Gasteiger partial charge in [-0.25, -0.2) is 4.79 Å². The van der Waals surface area contributed by atoms with Crippen LogP contribution in [0.5, 0.6) is 5.75 Å². The van der Waals surface area contributed by atoms with Crippen LogP contribution in [0.4, 0.5) is 0 Å². The molecule has 0 fully saturated rings. The van der Waals surface area contributed by atoms with Gasteiger partial charge in [0.25, 0.3) is 0 Å². The van der Waals surface area contributed by atoms with Crippen molar-refractivity contribution >= 4 is 29.4 Å². The average Bonchev–Trinajstić information content (AvgIpc) is 2.99. The van der Waals surface area contributed by atoms with Gasteiger partial charge in [-0.2, -0.15) is 0 Å². The molecule has 5 nitrogen and oxygen atoms in total. The van der Waals surface area contributed by atoms with Crippen molar-refractivity contribution < 1.29 is 24.2 Å². The summed E-state index contributed by atoms with van der Waals surface area (Å²) in [5, 5.41) is 10.3. The van der Waals surface area contributed by atoms with Crippen molar-refractivity contribution in [2.24, 2.45) is 5.92 Å². The standard InChI is InChI=1S/C24H29ClO5/c1-4-5-6-9-19(26)12-11-18-15-22(25)23(27)21(18)14-17-8-7-10-20(13-17)30-16(2)24(28)29-3/h7-8,10-16,18-19,26H,4-6,9H2,1-3H3/b12-11+,21-14+. The Labute approximate surface area is 183 Å². The SMILES string of the molecule is CCCCCC(O)/C=C/C1C=C(Cl)C(=O)/C1=C/c1cccc(OC(C)C(=O)OC)c1. The first kappa shape index (κ1) is 23.9.